The molecule has 6 rings (SSSR count). The molecule has 52 heavy (non-hydrogen) atoms. The van der Waals surface area contributed by atoms with Gasteiger partial charge in [0.2, 0.25) is 11.7 Å². The summed E-state index contributed by atoms with van der Waals surface area (Å²) in [6, 6.07) is 0. The van der Waals surface area contributed by atoms with Gasteiger partial charge in [-0.3, -0.25) is 23.4 Å². The largest absolute Gasteiger partial charge is 0.603 e. The second-order valence-corrected chi connectivity index (χ2v) is 15.9. The number of nitrogens with two attached hydrogens (primary N) is 1. The fraction of sp³-hybridized carbons (Fsp3) is 0.545. The molecule has 2 aliphatic rings. The van der Waals surface area contributed by atoms with Crippen LogP contribution in [0.1, 0.15) is 12.5 Å². The van der Waals surface area contributed by atoms with Crippen LogP contribution in [0.4, 0.5) is 11.8 Å². The van der Waals surface area contributed by atoms with Gasteiger partial charge < -0.3 is 55.6 Å². The van der Waals surface area contributed by atoms with Crippen molar-refractivity contribution in [3.63, 3.8) is 0 Å². The minimum atomic E-state index is -5.97. The van der Waals surface area contributed by atoms with Crippen LogP contribution in [0.15, 0.2) is 23.8 Å². The average molecular weight is 801 g/mol. The van der Waals surface area contributed by atoms with E-state index in [1.54, 1.807) is 7.05 Å². The summed E-state index contributed by atoms with van der Waals surface area (Å²) in [6.45, 7) is -2.09. The number of aromatic nitrogens is 8. The molecule has 0 radical (unpaired) electrons. The number of imidazole rings is 2. The van der Waals surface area contributed by atoms with Crippen molar-refractivity contribution in [1.82, 2.24) is 34.1 Å². The number of aryl methyl sites for hydroxylation is 1. The zero-order chi connectivity index (χ0) is 37.9. The normalized spacial score (nSPS) is 30.1. The summed E-state index contributed by atoms with van der Waals surface area (Å²) >= 11 is 0. The van der Waals surface area contributed by atoms with Crippen molar-refractivity contribution in [2.45, 2.75) is 49.1 Å². The number of phosphoric acid groups is 3. The number of nitrogen functional groups attached to an aromatic ring is 1. The first-order valence-electron chi connectivity index (χ1n) is 14.7. The first kappa shape index (κ1) is 38.7. The highest BCUT2D eigenvalue weighted by atomic mass is 31.3. The highest BCUT2D eigenvalue weighted by Gasteiger charge is 2.54. The van der Waals surface area contributed by atoms with Gasteiger partial charge in [-0.25, -0.2) is 24.1 Å². The molecule has 27 nitrogen and oxygen atoms in total. The van der Waals surface area contributed by atoms with Crippen LogP contribution in [0.25, 0.3) is 22.3 Å². The molecule has 0 spiro atoms. The second kappa shape index (κ2) is 14.3. The summed E-state index contributed by atoms with van der Waals surface area (Å²) in [5, 5.41) is 45.0. The number of aromatic amines is 1. The van der Waals surface area contributed by atoms with Crippen LogP contribution in [0.5, 0.6) is 0 Å². The van der Waals surface area contributed by atoms with Crippen LogP contribution in [0.3, 0.4) is 0 Å². The number of H-pyrrole nitrogens is 1. The number of hydrogen-bond acceptors (Lipinski definition) is 22. The molecule has 11 atom stereocenters. The van der Waals surface area contributed by atoms with Gasteiger partial charge in [0, 0.05) is 11.4 Å². The third-order valence-corrected chi connectivity index (χ3v) is 12.1. The monoisotopic (exact) mass is 801 g/mol. The number of fused-ring (bicyclic) bond motifs is 2. The van der Waals surface area contributed by atoms with Gasteiger partial charge >= 0.3 is 29.8 Å². The van der Waals surface area contributed by atoms with E-state index < -0.39 is 92.0 Å². The molecule has 11 N–H and O–H groups in total. The first-order valence-corrected chi connectivity index (χ1v) is 19.1. The smallest absolute Gasteiger partial charge is 0.511 e. The maximum atomic E-state index is 12.5. The molecule has 0 aliphatic carbocycles. The van der Waals surface area contributed by atoms with Crippen LogP contribution in [-0.2, 0) is 38.8 Å². The molecule has 2 aliphatic heterocycles. The molecule has 4 aromatic rings. The number of aliphatic hydroxyl groups is 4. The third kappa shape index (κ3) is 7.65. The molecule has 0 bridgehead atoms. The molecule has 4 aromatic heterocycles. The summed E-state index contributed by atoms with van der Waals surface area (Å²) in [5.41, 5.74) is 5.44. The Bertz CT molecular complexity index is 2050. The predicted molar refractivity (Wildman–Crippen MR) is 165 cm³/mol. The van der Waals surface area contributed by atoms with E-state index in [1.165, 1.54) is 35.2 Å². The zero-order valence-electron chi connectivity index (χ0n) is 26.5. The minimum Gasteiger partial charge on any atom is -0.603 e. The van der Waals surface area contributed by atoms with E-state index in [2.05, 4.69) is 47.9 Å². The number of nitrogens with zero attached hydrogens (tertiary/aromatic N) is 7. The lowest BCUT2D eigenvalue weighted by atomic mass is 10.1. The Labute approximate surface area is 290 Å². The Morgan fingerprint density at radius 1 is 1.08 bits per heavy atom. The minimum absolute atomic E-state index is 0.0205. The highest BCUT2D eigenvalue weighted by Crippen LogP contribution is 2.71. The number of rotatable bonds is 13. The van der Waals surface area contributed by atoms with E-state index in [-0.39, 0.29) is 22.8 Å². The van der Waals surface area contributed by atoms with E-state index in [1.807, 2.05) is 0 Å². The lowest BCUT2D eigenvalue weighted by Gasteiger charge is -2.25. The van der Waals surface area contributed by atoms with Gasteiger partial charge in [-0.15, -0.1) is 0 Å². The number of nitrogens with one attached hydrogen (secondary N) is 2. The van der Waals surface area contributed by atoms with Gasteiger partial charge in [0.05, 0.1) is 20.0 Å². The Morgan fingerprint density at radius 2 is 1.77 bits per heavy atom. The number of phosphoric ester groups is 2. The Balaban J connectivity index is 1.04. The van der Waals surface area contributed by atoms with E-state index in [0.29, 0.717) is 11.3 Å². The van der Waals surface area contributed by atoms with Crippen LogP contribution >= 0.6 is 24.2 Å². The lowest BCUT2D eigenvalue weighted by molar-refractivity contribution is -0.745. The summed E-state index contributed by atoms with van der Waals surface area (Å²) in [6.07, 6.45) is -9.07. The van der Waals surface area contributed by atoms with Gasteiger partial charge in [-0.05, 0) is 0 Å². The van der Waals surface area contributed by atoms with Crippen molar-refractivity contribution in [2.24, 2.45) is 7.05 Å². The zero-order valence-corrected chi connectivity index (χ0v) is 29.2. The lowest BCUT2D eigenvalue weighted by Crippen LogP contribution is -2.46. The molecule has 286 valence electrons. The van der Waals surface area contributed by atoms with Crippen molar-refractivity contribution < 1.29 is 81.2 Å². The van der Waals surface area contributed by atoms with E-state index in [0.717, 1.165) is 4.57 Å². The number of anilines is 2. The average Bonchev–Trinajstić information content (AvgIpc) is 3.77. The van der Waals surface area contributed by atoms with Gasteiger partial charge in [-0.2, -0.15) is 14.3 Å². The van der Waals surface area contributed by atoms with Gasteiger partial charge in [0.1, 0.15) is 55.1 Å². The number of ether oxygens (including phenoxy) is 2. The molecule has 30 heteroatoms. The van der Waals surface area contributed by atoms with Gasteiger partial charge in [-0.1, -0.05) is 9.29 Å². The molecular weight excluding hydrogens is 769 g/mol. The quantitative estimate of drug-likeness (QED) is 0.0445. The summed E-state index contributed by atoms with van der Waals surface area (Å²) in [5.74, 6) is 0.0770. The molecule has 3 unspecified atom stereocenters. The topological polar surface area (TPSA) is 396 Å². The summed E-state index contributed by atoms with van der Waals surface area (Å²) in [4.78, 5) is 85.9. The van der Waals surface area contributed by atoms with Crippen LogP contribution in [0, 0.1) is 0 Å². The van der Waals surface area contributed by atoms with Crippen molar-refractivity contribution in [3.8, 4) is 0 Å². The van der Waals surface area contributed by atoms with Crippen molar-refractivity contribution in [1.29, 1.82) is 0 Å². The van der Waals surface area contributed by atoms with Crippen LogP contribution in [-0.4, -0.2) is 126 Å². The molecule has 2 fully saturated rings. The highest BCUT2D eigenvalue weighted by molar-refractivity contribution is 7.71. The van der Waals surface area contributed by atoms with E-state index in [4.69, 9.17) is 15.2 Å². The van der Waals surface area contributed by atoms with Crippen molar-refractivity contribution >= 4 is 58.3 Å². The Morgan fingerprint density at radius 3 is 2.48 bits per heavy atom. The fourth-order valence-corrected chi connectivity index (χ4v) is 9.05. The van der Waals surface area contributed by atoms with E-state index >= 15 is 0 Å². The van der Waals surface area contributed by atoms with Crippen LogP contribution in [0.2, 0.25) is 0 Å². The van der Waals surface area contributed by atoms with Gasteiger partial charge in [0.15, 0.2) is 24.0 Å². The van der Waals surface area contributed by atoms with E-state index in [9.17, 15) is 54.3 Å². The molecule has 0 saturated carbocycles. The van der Waals surface area contributed by atoms with Crippen molar-refractivity contribution in [3.05, 3.63) is 29.3 Å². The summed E-state index contributed by atoms with van der Waals surface area (Å²) in [7, 11) is -14.2. The van der Waals surface area contributed by atoms with Gasteiger partial charge in [0.25, 0.3) is 11.5 Å². The first-order chi connectivity index (χ1) is 24.3. The summed E-state index contributed by atoms with van der Waals surface area (Å²) < 4.78 is 44.7. The van der Waals surface area contributed by atoms with Crippen molar-refractivity contribution in [2.75, 3.05) is 31.3 Å². The second-order valence-electron chi connectivity index (χ2n) is 11.3. The molecule has 6 heterocycles. The molecule has 0 amide bonds. The molecular formula is C22H32N10O17P3+. The third-order valence-electron chi connectivity index (χ3n) is 7.82. The standard InChI is InChI=1S/C22H31N10O17P3/c1-24-16-10-17(26-5-25-16)31(6-27-10)20-14(35)12(33)8(46-20)3-44-50(38,39)48-52(42,43)49-51(40,41)45-4-9-13(34)15(36)21(47-9)32-7-30(2)11-18(32)28-22(23)29-19(11)37/h5-9,12-15,20-21,33-36H,3-4H2,1-2H3,(H6-,23,24,25,26,28,29,37,38,39,40,41,42,43)/p+1/t8-,9-,12-,13-,14-,15-,20-,21-/m1/s1. The van der Waals surface area contributed by atoms with Crippen LogP contribution < -0.4 is 31.0 Å². The predicted octanol–water partition coefficient (Wildman–Crippen LogP) is -5.52. The Kier molecular flexibility index (Phi) is 10.7. The maximum absolute atomic E-state index is 12.5. The molecule has 2 saturated heterocycles. The Hall–Kier alpha value is -3.01. The SMILES string of the molecule is CNc1ncnc2c1ncn2[C@@H]1O[C@H](CO[P+]([O-])(O)O[P+]([O-])(O)OP(=O)(O)OC[C@H]2O[C@@H]([n+]3cn(C)c4c(=O)[nH]c(N)nc43)[C@H](O)[C@@H]2O)[C@@H](O)[C@H]1O. The number of aliphatic hydroxyl groups excluding tert-OH is 4. The molecule has 0 aromatic carbocycles. The maximum Gasteiger partial charge on any atom is 0.511 e. The fourth-order valence-electron chi connectivity index (χ4n) is 5.53. The number of hydrogen-bond donors (Lipinski definition) is 10.